The Balaban J connectivity index is 1.36. The quantitative estimate of drug-likeness (QED) is 0.430. The van der Waals surface area contributed by atoms with E-state index in [1.807, 2.05) is 6.92 Å². The molecule has 1 heterocycles. The molecule has 5 nitrogen and oxygen atoms in total. The maximum atomic E-state index is 6.16. The molecule has 1 unspecified atom stereocenters. The first-order valence-electron chi connectivity index (χ1n) is 9.74. The summed E-state index contributed by atoms with van der Waals surface area (Å²) in [5.41, 5.74) is 3.94. The van der Waals surface area contributed by atoms with Crippen LogP contribution in [0.2, 0.25) is 0 Å². The lowest BCUT2D eigenvalue weighted by Gasteiger charge is -2.25. The van der Waals surface area contributed by atoms with E-state index in [1.54, 1.807) is 18.4 Å². The lowest BCUT2D eigenvalue weighted by Crippen LogP contribution is -2.37. The van der Waals surface area contributed by atoms with Gasteiger partial charge in [0, 0.05) is 25.1 Å². The van der Waals surface area contributed by atoms with Crippen molar-refractivity contribution in [1.29, 1.82) is 0 Å². The van der Waals surface area contributed by atoms with Crippen LogP contribution < -0.4 is 10.6 Å². The Bertz CT molecular complexity index is 752. The van der Waals surface area contributed by atoms with Crippen LogP contribution in [0, 0.1) is 13.8 Å². The monoisotopic (exact) mass is 386 g/mol. The summed E-state index contributed by atoms with van der Waals surface area (Å²) in [4.78, 5) is 10.1. The molecule has 0 amide bonds. The van der Waals surface area contributed by atoms with Gasteiger partial charge in [-0.15, -0.1) is 11.3 Å². The molecule has 1 aromatic carbocycles. The SMILES string of the molecule is CN=C(NCCCOC1CCCc2ccccc21)NCc1nc(C)c(C)s1. The minimum atomic E-state index is 0.253. The first-order valence-corrected chi connectivity index (χ1v) is 10.6. The Hall–Kier alpha value is -1.92. The molecule has 1 aliphatic carbocycles. The van der Waals surface area contributed by atoms with E-state index < -0.39 is 0 Å². The second-order valence-electron chi connectivity index (χ2n) is 6.91. The van der Waals surface area contributed by atoms with Crippen molar-refractivity contribution in [3.63, 3.8) is 0 Å². The zero-order valence-corrected chi connectivity index (χ0v) is 17.4. The Morgan fingerprint density at radius 2 is 2.15 bits per heavy atom. The number of fused-ring (bicyclic) bond motifs is 1. The van der Waals surface area contributed by atoms with Gasteiger partial charge in [-0.05, 0) is 50.7 Å². The maximum Gasteiger partial charge on any atom is 0.191 e. The number of nitrogens with zero attached hydrogens (tertiary/aromatic N) is 2. The van der Waals surface area contributed by atoms with Crippen molar-refractivity contribution in [3.05, 3.63) is 51.0 Å². The fourth-order valence-electron chi connectivity index (χ4n) is 3.38. The number of hydrogen-bond acceptors (Lipinski definition) is 4. The highest BCUT2D eigenvalue weighted by molar-refractivity contribution is 7.11. The molecule has 0 bridgehead atoms. The third-order valence-corrected chi connectivity index (χ3v) is 6.02. The van der Waals surface area contributed by atoms with E-state index in [0.717, 1.165) is 42.7 Å². The topological polar surface area (TPSA) is 58.5 Å². The second-order valence-corrected chi connectivity index (χ2v) is 8.19. The number of aromatic nitrogens is 1. The van der Waals surface area contributed by atoms with Crippen LogP contribution in [0.3, 0.4) is 0 Å². The average Bonchev–Trinajstić information content (AvgIpc) is 3.01. The normalized spacial score (nSPS) is 16.9. The van der Waals surface area contributed by atoms with E-state index in [-0.39, 0.29) is 6.10 Å². The molecule has 27 heavy (non-hydrogen) atoms. The van der Waals surface area contributed by atoms with Gasteiger partial charge in [-0.3, -0.25) is 4.99 Å². The smallest absolute Gasteiger partial charge is 0.191 e. The van der Waals surface area contributed by atoms with Crippen LogP contribution in [0.15, 0.2) is 29.3 Å². The molecule has 2 aromatic rings. The summed E-state index contributed by atoms with van der Waals surface area (Å²) in [5.74, 6) is 0.809. The Morgan fingerprint density at radius 1 is 1.30 bits per heavy atom. The van der Waals surface area contributed by atoms with E-state index in [4.69, 9.17) is 4.74 Å². The van der Waals surface area contributed by atoms with Crippen LogP contribution in [0.1, 0.15) is 52.1 Å². The number of hydrogen-bond donors (Lipinski definition) is 2. The molecule has 1 aliphatic rings. The number of rotatable bonds is 7. The number of aliphatic imine (C=N–C) groups is 1. The summed E-state index contributed by atoms with van der Waals surface area (Å²) in [6.45, 7) is 6.45. The third kappa shape index (κ3) is 5.53. The number of thiazole rings is 1. The molecule has 0 spiro atoms. The van der Waals surface area contributed by atoms with Crippen molar-refractivity contribution in [3.8, 4) is 0 Å². The van der Waals surface area contributed by atoms with Gasteiger partial charge < -0.3 is 15.4 Å². The summed E-state index contributed by atoms with van der Waals surface area (Å²) in [6.07, 6.45) is 4.72. The average molecular weight is 387 g/mol. The van der Waals surface area contributed by atoms with Gasteiger partial charge in [-0.25, -0.2) is 4.98 Å². The van der Waals surface area contributed by atoms with Gasteiger partial charge in [0.25, 0.3) is 0 Å². The van der Waals surface area contributed by atoms with Crippen molar-refractivity contribution in [2.24, 2.45) is 4.99 Å². The van der Waals surface area contributed by atoms with Gasteiger partial charge in [0.2, 0.25) is 0 Å². The summed E-state index contributed by atoms with van der Waals surface area (Å²) < 4.78 is 6.16. The largest absolute Gasteiger partial charge is 0.373 e. The molecule has 1 atom stereocenters. The van der Waals surface area contributed by atoms with Gasteiger partial charge in [-0.2, -0.15) is 0 Å². The fourth-order valence-corrected chi connectivity index (χ4v) is 4.26. The molecule has 6 heteroatoms. The highest BCUT2D eigenvalue weighted by Gasteiger charge is 2.19. The molecule has 0 saturated carbocycles. The van der Waals surface area contributed by atoms with Gasteiger partial charge in [0.1, 0.15) is 5.01 Å². The van der Waals surface area contributed by atoms with Crippen molar-refractivity contribution < 1.29 is 4.74 Å². The second kappa shape index (κ2) is 9.85. The molecule has 1 aromatic heterocycles. The number of benzene rings is 1. The lowest BCUT2D eigenvalue weighted by atomic mass is 9.89. The van der Waals surface area contributed by atoms with Gasteiger partial charge in [0.05, 0.1) is 18.3 Å². The van der Waals surface area contributed by atoms with Crippen molar-refractivity contribution >= 4 is 17.3 Å². The van der Waals surface area contributed by atoms with E-state index in [9.17, 15) is 0 Å². The highest BCUT2D eigenvalue weighted by Crippen LogP contribution is 2.32. The van der Waals surface area contributed by atoms with Crippen LogP contribution in [0.5, 0.6) is 0 Å². The first kappa shape index (κ1) is 19.8. The molecule has 146 valence electrons. The predicted molar refractivity (Wildman–Crippen MR) is 112 cm³/mol. The zero-order valence-electron chi connectivity index (χ0n) is 16.5. The van der Waals surface area contributed by atoms with Crippen molar-refractivity contribution in [2.45, 2.75) is 52.2 Å². The number of nitrogens with one attached hydrogen (secondary N) is 2. The zero-order chi connectivity index (χ0) is 19.1. The van der Waals surface area contributed by atoms with Crippen LogP contribution in [-0.2, 0) is 17.7 Å². The third-order valence-electron chi connectivity index (χ3n) is 4.95. The molecular weight excluding hydrogens is 356 g/mol. The maximum absolute atomic E-state index is 6.16. The minimum Gasteiger partial charge on any atom is -0.373 e. The van der Waals surface area contributed by atoms with Crippen LogP contribution >= 0.6 is 11.3 Å². The van der Waals surface area contributed by atoms with E-state index in [1.165, 1.54) is 28.8 Å². The lowest BCUT2D eigenvalue weighted by molar-refractivity contribution is 0.0398. The van der Waals surface area contributed by atoms with E-state index in [2.05, 4.69) is 51.8 Å². The number of aryl methyl sites for hydroxylation is 3. The molecule has 0 saturated heterocycles. The Labute approximate surface area is 166 Å². The van der Waals surface area contributed by atoms with Gasteiger partial charge >= 0.3 is 0 Å². The predicted octanol–water partition coefficient (Wildman–Crippen LogP) is 3.91. The van der Waals surface area contributed by atoms with Crippen LogP contribution in [0.4, 0.5) is 0 Å². The van der Waals surface area contributed by atoms with Gasteiger partial charge in [0.15, 0.2) is 5.96 Å². The van der Waals surface area contributed by atoms with E-state index >= 15 is 0 Å². The summed E-state index contributed by atoms with van der Waals surface area (Å²) in [6, 6.07) is 8.68. The number of ether oxygens (including phenoxy) is 1. The minimum absolute atomic E-state index is 0.253. The molecule has 0 fully saturated rings. The van der Waals surface area contributed by atoms with Gasteiger partial charge in [-0.1, -0.05) is 24.3 Å². The molecule has 2 N–H and O–H groups in total. The molecule has 3 rings (SSSR count). The molecular formula is C21H30N4OS. The summed E-state index contributed by atoms with van der Waals surface area (Å²) in [7, 11) is 1.79. The number of guanidine groups is 1. The summed E-state index contributed by atoms with van der Waals surface area (Å²) >= 11 is 1.73. The Kier molecular flexibility index (Phi) is 7.24. The molecule has 0 aliphatic heterocycles. The fraction of sp³-hybridized carbons (Fsp3) is 0.524. The van der Waals surface area contributed by atoms with E-state index in [0.29, 0.717) is 6.54 Å². The standard InChI is InChI=1S/C21H30N4OS/c1-15-16(2)27-20(25-15)14-24-21(22-3)23-12-7-13-26-19-11-6-9-17-8-4-5-10-18(17)19/h4-5,8,10,19H,6-7,9,11-14H2,1-3H3,(H2,22,23,24). The highest BCUT2D eigenvalue weighted by atomic mass is 32.1. The molecule has 0 radical (unpaired) electrons. The first-order chi connectivity index (χ1) is 13.2. The van der Waals surface area contributed by atoms with Crippen molar-refractivity contribution in [2.75, 3.05) is 20.2 Å². The van der Waals surface area contributed by atoms with Crippen molar-refractivity contribution in [1.82, 2.24) is 15.6 Å². The van der Waals surface area contributed by atoms with Crippen LogP contribution in [0.25, 0.3) is 0 Å². The van der Waals surface area contributed by atoms with Crippen LogP contribution in [-0.4, -0.2) is 31.1 Å². The Morgan fingerprint density at radius 3 is 2.93 bits per heavy atom. The summed E-state index contributed by atoms with van der Waals surface area (Å²) in [5, 5.41) is 7.77.